The summed E-state index contributed by atoms with van der Waals surface area (Å²) >= 11 is 0. The van der Waals surface area contributed by atoms with Crippen LogP contribution in [0.2, 0.25) is 0 Å². The normalized spacial score (nSPS) is 17.8. The van der Waals surface area contributed by atoms with Gasteiger partial charge in [-0.25, -0.2) is 0 Å². The average molecular weight is 334 g/mol. The summed E-state index contributed by atoms with van der Waals surface area (Å²) in [5.41, 5.74) is 7.73. The topological polar surface area (TPSA) is 73.6 Å². The molecule has 3 aromatic rings. The zero-order chi connectivity index (χ0) is 17.2. The maximum absolute atomic E-state index is 12.7. The molecule has 0 radical (unpaired) electrons. The first-order chi connectivity index (χ1) is 12.2. The van der Waals surface area contributed by atoms with Gasteiger partial charge < -0.3 is 10.3 Å². The number of amides is 1. The van der Waals surface area contributed by atoms with E-state index >= 15 is 0 Å². The molecule has 3 heterocycles. The molecule has 5 nitrogen and oxygen atoms in total. The van der Waals surface area contributed by atoms with Crippen molar-refractivity contribution in [1.29, 1.82) is 0 Å². The van der Waals surface area contributed by atoms with Crippen LogP contribution < -0.4 is 5.32 Å². The zero-order valence-electron chi connectivity index (χ0n) is 14.6. The van der Waals surface area contributed by atoms with Crippen LogP contribution in [0.15, 0.2) is 18.3 Å². The van der Waals surface area contributed by atoms with E-state index in [1.54, 1.807) is 0 Å². The smallest absolute Gasteiger partial charge is 0.235 e. The van der Waals surface area contributed by atoms with Crippen molar-refractivity contribution in [1.82, 2.24) is 15.2 Å². The Labute approximate surface area is 146 Å². The number of hydrogen-bond acceptors (Lipinski definition) is 2. The van der Waals surface area contributed by atoms with E-state index in [2.05, 4.69) is 46.5 Å². The van der Waals surface area contributed by atoms with Crippen LogP contribution in [0, 0.1) is 0 Å². The fourth-order valence-corrected chi connectivity index (χ4v) is 4.76. The molecule has 0 atom stereocenters. The van der Waals surface area contributed by atoms with Crippen LogP contribution in [-0.2, 0) is 23.1 Å². The maximum Gasteiger partial charge on any atom is 0.235 e. The van der Waals surface area contributed by atoms with Crippen molar-refractivity contribution < 1.29 is 4.79 Å². The van der Waals surface area contributed by atoms with Gasteiger partial charge in [-0.3, -0.25) is 9.89 Å². The molecule has 128 valence electrons. The predicted octanol–water partition coefficient (Wildman–Crippen LogP) is 4.06. The van der Waals surface area contributed by atoms with Gasteiger partial charge in [0, 0.05) is 16.6 Å². The molecule has 5 rings (SSSR count). The van der Waals surface area contributed by atoms with Gasteiger partial charge in [-0.2, -0.15) is 5.10 Å². The van der Waals surface area contributed by atoms with Crippen molar-refractivity contribution in [3.63, 3.8) is 0 Å². The Bertz CT molecular complexity index is 1010. The first-order valence-corrected chi connectivity index (χ1v) is 9.21. The van der Waals surface area contributed by atoms with Gasteiger partial charge in [-0.15, -0.1) is 0 Å². The first kappa shape index (κ1) is 14.8. The van der Waals surface area contributed by atoms with Crippen LogP contribution in [0.1, 0.15) is 49.8 Å². The van der Waals surface area contributed by atoms with Crippen molar-refractivity contribution >= 4 is 22.5 Å². The van der Waals surface area contributed by atoms with Crippen molar-refractivity contribution in [2.24, 2.45) is 0 Å². The highest BCUT2D eigenvalue weighted by molar-refractivity contribution is 6.09. The average Bonchev–Trinajstić information content (AvgIpc) is 3.25. The summed E-state index contributed by atoms with van der Waals surface area (Å²) in [5.74, 6) is 0.141. The minimum Gasteiger partial charge on any atom is -0.353 e. The molecule has 1 aromatic carbocycles. The van der Waals surface area contributed by atoms with Crippen LogP contribution in [0.4, 0.5) is 5.69 Å². The number of aryl methyl sites for hydroxylation is 2. The van der Waals surface area contributed by atoms with E-state index < -0.39 is 5.41 Å². The molecule has 25 heavy (non-hydrogen) atoms. The molecule has 0 unspecified atom stereocenters. The summed E-state index contributed by atoms with van der Waals surface area (Å²) in [7, 11) is 0. The summed E-state index contributed by atoms with van der Waals surface area (Å²) in [4.78, 5) is 16.3. The van der Waals surface area contributed by atoms with E-state index in [0.717, 1.165) is 60.3 Å². The number of nitrogens with one attached hydrogen (secondary N) is 3. The molecule has 1 aliphatic carbocycles. The van der Waals surface area contributed by atoms with Crippen LogP contribution in [0.5, 0.6) is 0 Å². The molecule has 1 amide bonds. The van der Waals surface area contributed by atoms with Crippen molar-refractivity contribution in [3.8, 4) is 11.4 Å². The number of carbonyl (C=O) groups is 1. The number of fused-ring (bicyclic) bond motifs is 6. The van der Waals surface area contributed by atoms with Gasteiger partial charge in [-0.05, 0) is 60.9 Å². The Kier molecular flexibility index (Phi) is 2.94. The fraction of sp³-hybridized carbons (Fsp3) is 0.400. The fourth-order valence-electron chi connectivity index (χ4n) is 4.76. The number of H-pyrrole nitrogens is 2. The summed E-state index contributed by atoms with van der Waals surface area (Å²) < 4.78 is 0. The summed E-state index contributed by atoms with van der Waals surface area (Å²) in [6.07, 6.45) is 6.78. The highest BCUT2D eigenvalue weighted by atomic mass is 16.2. The highest BCUT2D eigenvalue weighted by Gasteiger charge is 2.44. The standard InChI is InChI=1S/C20H22N4O/c1-3-20(4-2)14-9-15-13(8-16(14)23-19(20)25)12-7-5-6-11-10-21-24-17(11)18(12)22-15/h8-10,22H,3-7H2,1-2H3,(H,21,24)(H,23,25). The van der Waals surface area contributed by atoms with Crippen molar-refractivity contribution in [2.45, 2.75) is 51.4 Å². The second kappa shape index (κ2) is 4.97. The molecule has 0 saturated heterocycles. The number of aromatic nitrogens is 3. The second-order valence-corrected chi connectivity index (χ2v) is 7.29. The van der Waals surface area contributed by atoms with E-state index in [9.17, 15) is 4.79 Å². The molecular weight excluding hydrogens is 312 g/mol. The number of hydrogen-bond donors (Lipinski definition) is 3. The second-order valence-electron chi connectivity index (χ2n) is 7.29. The molecule has 2 aliphatic rings. The summed E-state index contributed by atoms with van der Waals surface area (Å²) in [6.45, 7) is 4.20. The number of nitrogens with zero attached hydrogens (tertiary/aromatic N) is 1. The Morgan fingerprint density at radius 1 is 1.16 bits per heavy atom. The lowest BCUT2D eigenvalue weighted by molar-refractivity contribution is -0.121. The lowest BCUT2D eigenvalue weighted by Crippen LogP contribution is -2.32. The molecule has 0 saturated carbocycles. The molecule has 0 bridgehead atoms. The highest BCUT2D eigenvalue weighted by Crippen LogP contribution is 2.46. The Morgan fingerprint density at radius 3 is 2.80 bits per heavy atom. The molecular formula is C20H22N4O. The molecule has 5 heteroatoms. The minimum atomic E-state index is -0.398. The summed E-state index contributed by atoms with van der Waals surface area (Å²) in [6, 6.07) is 4.37. The van der Waals surface area contributed by atoms with Gasteiger partial charge in [0.15, 0.2) is 0 Å². The lowest BCUT2D eigenvalue weighted by atomic mass is 9.77. The predicted molar refractivity (Wildman–Crippen MR) is 98.8 cm³/mol. The Hall–Kier alpha value is -2.56. The SMILES string of the molecule is CCC1(CC)C(=O)Nc2cc3c4c([nH]c3cc21)-c1[nH]ncc1CCC4. The van der Waals surface area contributed by atoms with Gasteiger partial charge >= 0.3 is 0 Å². The maximum atomic E-state index is 12.7. The largest absolute Gasteiger partial charge is 0.353 e. The third-order valence-electron chi connectivity index (χ3n) is 6.29. The van der Waals surface area contributed by atoms with Gasteiger partial charge in [0.05, 0.1) is 23.0 Å². The molecule has 1 aliphatic heterocycles. The Balaban J connectivity index is 1.78. The van der Waals surface area contributed by atoms with E-state index in [1.807, 2.05) is 6.20 Å². The lowest BCUT2D eigenvalue weighted by Gasteiger charge is -2.23. The van der Waals surface area contributed by atoms with Gasteiger partial charge in [0.25, 0.3) is 0 Å². The third-order valence-corrected chi connectivity index (χ3v) is 6.29. The summed E-state index contributed by atoms with van der Waals surface area (Å²) in [5, 5.41) is 11.8. The van der Waals surface area contributed by atoms with E-state index in [-0.39, 0.29) is 5.91 Å². The van der Waals surface area contributed by atoms with Crippen molar-refractivity contribution in [2.75, 3.05) is 5.32 Å². The van der Waals surface area contributed by atoms with E-state index in [4.69, 9.17) is 0 Å². The quantitative estimate of drug-likeness (QED) is 0.661. The number of rotatable bonds is 2. The number of aromatic amines is 2. The molecule has 2 aromatic heterocycles. The van der Waals surface area contributed by atoms with Gasteiger partial charge in [0.2, 0.25) is 5.91 Å². The number of carbonyl (C=O) groups excluding carboxylic acids is 1. The van der Waals surface area contributed by atoms with Crippen LogP contribution in [0.25, 0.3) is 22.3 Å². The monoisotopic (exact) mass is 334 g/mol. The van der Waals surface area contributed by atoms with E-state index in [0.29, 0.717) is 0 Å². The van der Waals surface area contributed by atoms with Crippen molar-refractivity contribution in [3.05, 3.63) is 35.0 Å². The van der Waals surface area contributed by atoms with E-state index in [1.165, 1.54) is 16.5 Å². The minimum absolute atomic E-state index is 0.141. The number of benzene rings is 1. The molecule has 0 spiro atoms. The van der Waals surface area contributed by atoms with Crippen LogP contribution >= 0.6 is 0 Å². The van der Waals surface area contributed by atoms with Crippen LogP contribution in [0.3, 0.4) is 0 Å². The number of anilines is 1. The zero-order valence-corrected chi connectivity index (χ0v) is 14.6. The van der Waals surface area contributed by atoms with Gasteiger partial charge in [-0.1, -0.05) is 13.8 Å². The van der Waals surface area contributed by atoms with Gasteiger partial charge in [0.1, 0.15) is 0 Å². The molecule has 0 fully saturated rings. The van der Waals surface area contributed by atoms with Crippen LogP contribution in [-0.4, -0.2) is 21.1 Å². The first-order valence-electron chi connectivity index (χ1n) is 9.21. The molecule has 3 N–H and O–H groups in total. The third kappa shape index (κ3) is 1.78. The Morgan fingerprint density at radius 2 is 2.00 bits per heavy atom.